The number of carbonyl (C=O) groups excluding carboxylic acids is 1. The second-order valence-electron chi connectivity index (χ2n) is 5.76. The van der Waals surface area contributed by atoms with Crippen molar-refractivity contribution >= 4 is 5.78 Å². The Hall–Kier alpha value is -0.370. The minimum Gasteiger partial charge on any atom is -0.330 e. The Morgan fingerprint density at radius 2 is 1.76 bits per heavy atom. The van der Waals surface area contributed by atoms with Crippen LogP contribution in [0.3, 0.4) is 0 Å². The molecule has 0 aromatic rings. The van der Waals surface area contributed by atoms with Crippen LogP contribution < -0.4 is 5.73 Å². The first kappa shape index (κ1) is 16.6. The fourth-order valence-electron chi connectivity index (χ4n) is 2.46. The highest BCUT2D eigenvalue weighted by atomic mass is 16.1. The molecule has 0 spiro atoms. The van der Waals surface area contributed by atoms with Crippen molar-refractivity contribution in [1.82, 2.24) is 0 Å². The molecule has 2 N–H and O–H groups in total. The van der Waals surface area contributed by atoms with Gasteiger partial charge in [-0.25, -0.2) is 0 Å². The van der Waals surface area contributed by atoms with Crippen molar-refractivity contribution < 1.29 is 4.79 Å². The molecule has 17 heavy (non-hydrogen) atoms. The van der Waals surface area contributed by atoms with Gasteiger partial charge < -0.3 is 5.73 Å². The van der Waals surface area contributed by atoms with Crippen LogP contribution in [0.2, 0.25) is 0 Å². The van der Waals surface area contributed by atoms with Gasteiger partial charge in [-0.1, -0.05) is 40.5 Å². The topological polar surface area (TPSA) is 43.1 Å². The van der Waals surface area contributed by atoms with Crippen molar-refractivity contribution in [1.29, 1.82) is 0 Å². The fraction of sp³-hybridized carbons (Fsp3) is 0.933. The van der Waals surface area contributed by atoms with E-state index in [2.05, 4.69) is 27.7 Å². The average Bonchev–Trinajstić information content (AvgIpc) is 2.23. The van der Waals surface area contributed by atoms with Gasteiger partial charge in [-0.15, -0.1) is 0 Å². The molecule has 0 rings (SSSR count). The van der Waals surface area contributed by atoms with Crippen LogP contribution in [-0.2, 0) is 4.79 Å². The van der Waals surface area contributed by atoms with Crippen LogP contribution in [0.1, 0.15) is 66.2 Å². The third-order valence-corrected chi connectivity index (χ3v) is 3.63. The van der Waals surface area contributed by atoms with Crippen molar-refractivity contribution in [3.63, 3.8) is 0 Å². The van der Waals surface area contributed by atoms with Crippen LogP contribution in [0.25, 0.3) is 0 Å². The summed E-state index contributed by atoms with van der Waals surface area (Å²) in [7, 11) is 0. The first-order valence-corrected chi connectivity index (χ1v) is 7.22. The van der Waals surface area contributed by atoms with Crippen molar-refractivity contribution in [2.75, 3.05) is 6.54 Å². The van der Waals surface area contributed by atoms with Gasteiger partial charge in [0.2, 0.25) is 0 Å². The van der Waals surface area contributed by atoms with Crippen molar-refractivity contribution in [2.24, 2.45) is 23.5 Å². The highest BCUT2D eigenvalue weighted by Gasteiger charge is 2.15. The van der Waals surface area contributed by atoms with Gasteiger partial charge in [-0.2, -0.15) is 0 Å². The molecule has 0 aliphatic carbocycles. The van der Waals surface area contributed by atoms with Gasteiger partial charge in [0, 0.05) is 12.8 Å². The van der Waals surface area contributed by atoms with Gasteiger partial charge in [-0.3, -0.25) is 4.79 Å². The van der Waals surface area contributed by atoms with E-state index >= 15 is 0 Å². The molecular weight excluding hydrogens is 210 g/mol. The van der Waals surface area contributed by atoms with Gasteiger partial charge in [-0.05, 0) is 37.1 Å². The van der Waals surface area contributed by atoms with E-state index in [9.17, 15) is 4.79 Å². The Bertz CT molecular complexity index is 201. The monoisotopic (exact) mass is 241 g/mol. The lowest BCUT2D eigenvalue weighted by atomic mass is 9.86. The zero-order valence-electron chi connectivity index (χ0n) is 12.2. The van der Waals surface area contributed by atoms with Crippen LogP contribution >= 0.6 is 0 Å². The Labute approximate surface area is 107 Å². The van der Waals surface area contributed by atoms with Gasteiger partial charge >= 0.3 is 0 Å². The molecule has 0 saturated carbocycles. The van der Waals surface area contributed by atoms with E-state index in [-0.39, 0.29) is 0 Å². The van der Waals surface area contributed by atoms with E-state index in [4.69, 9.17) is 5.73 Å². The summed E-state index contributed by atoms with van der Waals surface area (Å²) in [6.45, 7) is 9.55. The number of Topliss-reactive ketones (excluding diaryl/α,β-unsaturated/α-hetero) is 1. The SMILES string of the molecule is CCCC(C)CC(=O)CCC(CCN)C(C)C. The molecule has 0 fully saturated rings. The summed E-state index contributed by atoms with van der Waals surface area (Å²) in [5, 5.41) is 0. The maximum atomic E-state index is 11.8. The molecule has 2 nitrogen and oxygen atoms in total. The number of nitrogens with two attached hydrogens (primary N) is 1. The lowest BCUT2D eigenvalue weighted by Crippen LogP contribution is -2.16. The lowest BCUT2D eigenvalue weighted by Gasteiger charge is -2.20. The highest BCUT2D eigenvalue weighted by Crippen LogP contribution is 2.22. The van der Waals surface area contributed by atoms with E-state index in [0.29, 0.717) is 23.5 Å². The van der Waals surface area contributed by atoms with Crippen molar-refractivity contribution in [2.45, 2.75) is 66.2 Å². The predicted octanol–water partition coefficient (Wildman–Crippen LogP) is 3.78. The quantitative estimate of drug-likeness (QED) is 0.632. The van der Waals surface area contributed by atoms with Crippen LogP contribution in [-0.4, -0.2) is 12.3 Å². The zero-order valence-corrected chi connectivity index (χ0v) is 12.2. The Morgan fingerprint density at radius 1 is 1.12 bits per heavy atom. The van der Waals surface area contributed by atoms with Crippen LogP contribution in [0.5, 0.6) is 0 Å². The first-order chi connectivity index (χ1) is 8.01. The number of hydrogen-bond acceptors (Lipinski definition) is 2. The average molecular weight is 241 g/mol. The Kier molecular flexibility index (Phi) is 9.43. The molecule has 0 aromatic carbocycles. The molecule has 2 atom stereocenters. The third-order valence-electron chi connectivity index (χ3n) is 3.63. The summed E-state index contributed by atoms with van der Waals surface area (Å²) in [5.74, 6) is 2.25. The maximum absolute atomic E-state index is 11.8. The van der Waals surface area contributed by atoms with Crippen LogP contribution in [0.15, 0.2) is 0 Å². The third kappa shape index (κ3) is 8.37. The van der Waals surface area contributed by atoms with E-state index < -0.39 is 0 Å². The van der Waals surface area contributed by atoms with Gasteiger partial charge in [0.05, 0.1) is 0 Å². The van der Waals surface area contributed by atoms with Gasteiger partial charge in [0.1, 0.15) is 5.78 Å². The summed E-state index contributed by atoms with van der Waals surface area (Å²) in [6.07, 6.45) is 5.93. The first-order valence-electron chi connectivity index (χ1n) is 7.22. The second-order valence-corrected chi connectivity index (χ2v) is 5.76. The minimum atomic E-state index is 0.439. The highest BCUT2D eigenvalue weighted by molar-refractivity contribution is 5.78. The Morgan fingerprint density at radius 3 is 2.24 bits per heavy atom. The molecule has 102 valence electrons. The molecule has 0 aliphatic rings. The Balaban J connectivity index is 3.87. The number of ketones is 1. The lowest BCUT2D eigenvalue weighted by molar-refractivity contribution is -0.120. The molecule has 0 heterocycles. The number of rotatable bonds is 10. The molecule has 0 aliphatic heterocycles. The largest absolute Gasteiger partial charge is 0.330 e. The van der Waals surface area contributed by atoms with E-state index in [1.807, 2.05) is 0 Å². The number of hydrogen-bond donors (Lipinski definition) is 1. The van der Waals surface area contributed by atoms with E-state index in [1.54, 1.807) is 0 Å². The standard InChI is InChI=1S/C15H31NO/c1-5-6-13(4)11-15(17)8-7-14(9-10-16)12(2)3/h12-14H,5-11,16H2,1-4H3. The molecule has 0 radical (unpaired) electrons. The van der Waals surface area contributed by atoms with E-state index in [1.165, 1.54) is 12.8 Å². The molecule has 0 bridgehead atoms. The smallest absolute Gasteiger partial charge is 0.133 e. The predicted molar refractivity (Wildman–Crippen MR) is 74.9 cm³/mol. The van der Waals surface area contributed by atoms with Gasteiger partial charge in [0.25, 0.3) is 0 Å². The van der Waals surface area contributed by atoms with E-state index in [0.717, 1.165) is 32.2 Å². The van der Waals surface area contributed by atoms with Crippen LogP contribution in [0.4, 0.5) is 0 Å². The molecule has 2 heteroatoms. The zero-order chi connectivity index (χ0) is 13.3. The molecular formula is C15H31NO. The summed E-state index contributed by atoms with van der Waals surface area (Å²) >= 11 is 0. The number of carbonyl (C=O) groups is 1. The van der Waals surface area contributed by atoms with Gasteiger partial charge in [0.15, 0.2) is 0 Å². The van der Waals surface area contributed by atoms with Crippen molar-refractivity contribution in [3.8, 4) is 0 Å². The maximum Gasteiger partial charge on any atom is 0.133 e. The minimum absolute atomic E-state index is 0.439. The molecule has 0 saturated heterocycles. The second kappa shape index (κ2) is 9.64. The summed E-state index contributed by atoms with van der Waals surface area (Å²) in [5.41, 5.74) is 5.61. The fourth-order valence-corrected chi connectivity index (χ4v) is 2.46. The summed E-state index contributed by atoms with van der Waals surface area (Å²) in [4.78, 5) is 11.8. The molecule has 0 amide bonds. The summed E-state index contributed by atoms with van der Waals surface area (Å²) < 4.78 is 0. The summed E-state index contributed by atoms with van der Waals surface area (Å²) in [6, 6.07) is 0. The normalized spacial score (nSPS) is 14.9. The molecule has 2 unspecified atom stereocenters. The molecule has 0 aromatic heterocycles. The van der Waals surface area contributed by atoms with Crippen molar-refractivity contribution in [3.05, 3.63) is 0 Å². The van der Waals surface area contributed by atoms with Crippen LogP contribution in [0, 0.1) is 17.8 Å².